The van der Waals surface area contributed by atoms with Gasteiger partial charge in [-0.1, -0.05) is 277 Å². The summed E-state index contributed by atoms with van der Waals surface area (Å²) >= 11 is 6.02. The highest BCUT2D eigenvalue weighted by Crippen LogP contribution is 2.27. The maximum Gasteiger partial charge on any atom is 0.336 e. The minimum absolute atomic E-state index is 0.0238. The van der Waals surface area contributed by atoms with E-state index in [9.17, 15) is 91.7 Å². The van der Waals surface area contributed by atoms with E-state index < -0.39 is 71.3 Å². The van der Waals surface area contributed by atoms with Crippen molar-refractivity contribution in [2.45, 2.75) is 105 Å². The van der Waals surface area contributed by atoms with E-state index in [1.165, 1.54) is 103 Å². The normalized spacial score (nSPS) is 10.2. The Hall–Kier alpha value is -18.4. The number of methoxy groups -OCH3 is 1. The maximum absolute atomic E-state index is 12.3. The topological polar surface area (TPSA) is 502 Å². The zero-order chi connectivity index (χ0) is 108. The zero-order valence-electron chi connectivity index (χ0n) is 80.6. The Kier molecular flexibility index (Phi) is 43.6. The van der Waals surface area contributed by atoms with Crippen LogP contribution in [0.5, 0.6) is 5.75 Å². The van der Waals surface area contributed by atoms with Gasteiger partial charge in [-0.05, 0) is 184 Å². The summed E-state index contributed by atoms with van der Waals surface area (Å²) in [5.41, 5.74) is 11.7. The van der Waals surface area contributed by atoms with E-state index in [0.717, 1.165) is 50.3 Å². The summed E-state index contributed by atoms with van der Waals surface area (Å²) in [6.07, 6.45) is 2.81. The molecule has 0 bridgehead atoms. The van der Waals surface area contributed by atoms with E-state index in [2.05, 4.69) is 0 Å². The van der Waals surface area contributed by atoms with Crippen LogP contribution in [-0.4, -0.2) is 158 Å². The third kappa shape index (κ3) is 34.8. The number of ketones is 7. The van der Waals surface area contributed by atoms with Crippen LogP contribution in [0.25, 0.3) is 0 Å². The van der Waals surface area contributed by atoms with Crippen molar-refractivity contribution in [3.8, 4) is 5.75 Å². The number of carboxylic acid groups (broad SMARTS) is 10. The summed E-state index contributed by atoms with van der Waals surface area (Å²) in [6.45, 7) is 9.42. The highest BCUT2D eigenvalue weighted by atomic mass is 35.5. The lowest BCUT2D eigenvalue weighted by Crippen LogP contribution is -2.13. The summed E-state index contributed by atoms with van der Waals surface area (Å²) in [6, 6.07) is 87.9. The molecule has 0 aliphatic rings. The van der Waals surface area contributed by atoms with Crippen molar-refractivity contribution in [3.63, 3.8) is 0 Å². The lowest BCUT2D eigenvalue weighted by Gasteiger charge is -2.08. The molecule has 0 radical (unpaired) electrons. The molecule has 0 aromatic heterocycles. The molecule has 14 rings (SSSR count). The van der Waals surface area contributed by atoms with Crippen molar-refractivity contribution in [1.29, 1.82) is 0 Å². The van der Waals surface area contributed by atoms with Gasteiger partial charge in [0.1, 0.15) is 5.75 Å². The second-order valence-electron chi connectivity index (χ2n) is 33.2. The molecule has 14 aromatic rings. The Morgan fingerprint density at radius 2 is 0.456 bits per heavy atom. The molecule has 0 amide bonds. The van der Waals surface area contributed by atoms with Gasteiger partial charge in [0, 0.05) is 88.9 Å². The molecule has 0 saturated heterocycles. The molecule has 0 aliphatic carbocycles. The molecule has 750 valence electrons. The highest BCUT2D eigenvalue weighted by Gasteiger charge is 2.26. The number of Topliss-reactive ketones (excluding diaryl/α,β-unsaturated/α-hetero) is 7. The van der Waals surface area contributed by atoms with Gasteiger partial charge < -0.3 is 55.8 Å². The molecule has 0 atom stereocenters. The van der Waals surface area contributed by atoms with E-state index in [1.54, 1.807) is 160 Å². The Morgan fingerprint density at radius 3 is 0.755 bits per heavy atom. The molecular formula is C118H103ClO28. The van der Waals surface area contributed by atoms with E-state index in [0.29, 0.717) is 53.8 Å². The fraction of sp³-hybridized carbons (Fsp3) is 0.144. The van der Waals surface area contributed by atoms with Gasteiger partial charge in [0.25, 0.3) is 0 Å². The summed E-state index contributed by atoms with van der Waals surface area (Å²) in [5.74, 6) is -12.2. The Labute approximate surface area is 850 Å². The summed E-state index contributed by atoms with van der Waals surface area (Å²) in [7, 11) is 1.60. The third-order valence-corrected chi connectivity index (χ3v) is 23.1. The average molecular weight is 2000 g/mol. The zero-order valence-corrected chi connectivity index (χ0v) is 81.3. The molecule has 0 aliphatic heterocycles. The number of hydrogen-bond donors (Lipinski definition) is 10. The van der Waals surface area contributed by atoms with Crippen molar-refractivity contribution < 1.29 is 137 Å². The van der Waals surface area contributed by atoms with Gasteiger partial charge >= 0.3 is 59.7 Å². The van der Waals surface area contributed by atoms with Crippen LogP contribution in [0.1, 0.15) is 269 Å². The SMILES string of the molecule is COc1ccc(CCC(=O)c2ccccc2C(=O)O)cc1.Cc1ccc(CC(=O)c2ccccc2C(=O)O)c(C(=O)O)c1.Cc1ccc(CC(=O)c2ccccc2C(=O)O)c(C(=O)O)c1.Cc1ccc(CC(=O)c2ccccc2C(=O)O)cc1Cl.Cc1ccc(CCC(=O)c2ccccc2C(=O)O)cc1.Cc1cccc(CCC(=O)c2ccccc2C(=O)O)c1.O=C(O)c1ccccc1CCC(=O)c1ccccc1C(=O)O. The first-order chi connectivity index (χ1) is 70.0. The summed E-state index contributed by atoms with van der Waals surface area (Å²) < 4.78 is 5.07. The van der Waals surface area contributed by atoms with Crippen molar-refractivity contribution in [1.82, 2.24) is 0 Å². The second kappa shape index (κ2) is 56.3. The number of carbonyl (C=O) groups is 17. The van der Waals surface area contributed by atoms with Crippen LogP contribution in [0.2, 0.25) is 5.02 Å². The quantitative estimate of drug-likeness (QED) is 0.0163. The number of rotatable bonds is 36. The fourth-order valence-electron chi connectivity index (χ4n) is 15.0. The standard InChI is InChI=1S/3C17H14O5.C17H16O4.2C17H16O3.C16H13ClO3/c2*1-10-6-7-11(14(8-10)17(21)22)9-15(18)12-4-2-3-5-13(12)16(19)20;18-15(13-7-3-4-8-14(13)17(21)22)10-9-11-5-1-2-6-12(11)16(19)20;1-21-13-9-6-12(7-10-13)8-11-16(18)14-4-2-3-5-15(14)17(19)20;1-12-5-4-6-13(11-12)9-10-16(18)14-7-2-3-8-15(14)17(19)20;1-12-6-8-13(9-7-12)10-11-16(18)14-4-2-3-5-15(14)17(19)20;1-10-6-7-11(8-14(10)17)9-15(18)12-4-2-3-5-13(12)16(19)20/h2*2-8H,9H2,1H3,(H,19,20)(H,21,22);1-8H,9-10H2,(H,19,20)(H,21,22);2-7,9-10H,8,11H2,1H3,(H,19,20);2-8,11H,9-10H2,1H3,(H,19,20);2-9H,10-11H2,1H3,(H,19,20);2-8H,9H2,1H3,(H,19,20). The Bertz CT molecular complexity index is 7120. The fourth-order valence-corrected chi connectivity index (χ4v) is 15.2. The van der Waals surface area contributed by atoms with Crippen LogP contribution in [-0.2, 0) is 44.9 Å². The molecule has 0 saturated carbocycles. The van der Waals surface area contributed by atoms with Gasteiger partial charge in [-0.3, -0.25) is 33.6 Å². The molecule has 28 nitrogen and oxygen atoms in total. The first-order valence-corrected chi connectivity index (χ1v) is 45.9. The molecule has 0 fully saturated rings. The highest BCUT2D eigenvalue weighted by molar-refractivity contribution is 6.31. The molecule has 0 unspecified atom stereocenters. The van der Waals surface area contributed by atoms with E-state index in [1.807, 2.05) is 106 Å². The number of benzene rings is 14. The van der Waals surface area contributed by atoms with Gasteiger partial charge in [0.2, 0.25) is 0 Å². The number of ether oxygens (including phenoxy) is 1. The molecule has 0 spiro atoms. The number of aromatic carboxylic acids is 10. The largest absolute Gasteiger partial charge is 0.497 e. The Balaban J connectivity index is 0.000000209. The molecule has 147 heavy (non-hydrogen) atoms. The van der Waals surface area contributed by atoms with Crippen LogP contribution in [0.3, 0.4) is 0 Å². The van der Waals surface area contributed by atoms with Gasteiger partial charge in [-0.15, -0.1) is 0 Å². The predicted octanol–water partition coefficient (Wildman–Crippen LogP) is 22.5. The second-order valence-corrected chi connectivity index (χ2v) is 33.7. The van der Waals surface area contributed by atoms with E-state index in [4.69, 9.17) is 57.2 Å². The molecule has 29 heteroatoms. The van der Waals surface area contributed by atoms with Crippen molar-refractivity contribution in [2.24, 2.45) is 0 Å². The molecule has 10 N–H and O–H groups in total. The lowest BCUT2D eigenvalue weighted by atomic mass is 9.95. The summed E-state index contributed by atoms with van der Waals surface area (Å²) in [5, 5.41) is 91.8. The van der Waals surface area contributed by atoms with Crippen LogP contribution in [0.15, 0.2) is 322 Å². The number of halogens is 1. The predicted molar refractivity (Wildman–Crippen MR) is 550 cm³/mol. The number of hydrogen-bond acceptors (Lipinski definition) is 18. The Morgan fingerprint density at radius 1 is 0.204 bits per heavy atom. The van der Waals surface area contributed by atoms with Gasteiger partial charge in [0.05, 0.1) is 62.7 Å². The van der Waals surface area contributed by atoms with Gasteiger partial charge in [-0.2, -0.15) is 0 Å². The minimum Gasteiger partial charge on any atom is -0.497 e. The monoisotopic (exact) mass is 2000 g/mol. The van der Waals surface area contributed by atoms with Crippen LogP contribution >= 0.6 is 11.6 Å². The first-order valence-electron chi connectivity index (χ1n) is 45.5. The number of carbonyl (C=O) groups excluding carboxylic acids is 7. The molecular weight excluding hydrogens is 1900 g/mol. The van der Waals surface area contributed by atoms with Crippen LogP contribution in [0.4, 0.5) is 0 Å². The first kappa shape index (κ1) is 114. The van der Waals surface area contributed by atoms with Crippen LogP contribution < -0.4 is 4.74 Å². The summed E-state index contributed by atoms with van der Waals surface area (Å²) in [4.78, 5) is 197. The molecule has 14 aromatic carbocycles. The van der Waals surface area contributed by atoms with Gasteiger partial charge in [0.15, 0.2) is 40.5 Å². The molecule has 0 heterocycles. The van der Waals surface area contributed by atoms with Crippen molar-refractivity contribution >= 4 is 112 Å². The van der Waals surface area contributed by atoms with Crippen molar-refractivity contribution in [3.05, 3.63) is 488 Å². The number of carboxylic acids is 10. The van der Waals surface area contributed by atoms with E-state index in [-0.39, 0.29) is 162 Å². The lowest BCUT2D eigenvalue weighted by molar-refractivity contribution is 0.0682. The minimum atomic E-state index is -1.19. The number of aryl methyl sites for hydroxylation is 9. The smallest absolute Gasteiger partial charge is 0.336 e. The average Bonchev–Trinajstić information content (AvgIpc) is 0.830. The van der Waals surface area contributed by atoms with Gasteiger partial charge in [-0.25, -0.2) is 47.9 Å². The van der Waals surface area contributed by atoms with Crippen molar-refractivity contribution in [2.75, 3.05) is 7.11 Å². The maximum atomic E-state index is 12.3. The third-order valence-electron chi connectivity index (χ3n) is 22.7. The van der Waals surface area contributed by atoms with E-state index >= 15 is 0 Å². The van der Waals surface area contributed by atoms with Crippen LogP contribution in [0, 0.1) is 34.6 Å².